The van der Waals surface area contributed by atoms with Gasteiger partial charge in [0.25, 0.3) is 0 Å². The summed E-state index contributed by atoms with van der Waals surface area (Å²) >= 11 is 0.772. The molecule has 7 heteroatoms. The Kier molecular flexibility index (Phi) is 3.77. The second-order valence-electron chi connectivity index (χ2n) is 5.84. The summed E-state index contributed by atoms with van der Waals surface area (Å²) in [5.41, 5.74) is 0.392. The predicted octanol–water partition coefficient (Wildman–Crippen LogP) is 2.74. The van der Waals surface area contributed by atoms with Crippen molar-refractivity contribution in [3.8, 4) is 0 Å². The summed E-state index contributed by atoms with van der Waals surface area (Å²) in [5.74, 6) is 0. The van der Waals surface area contributed by atoms with Crippen LogP contribution >= 0.6 is 11.3 Å². The van der Waals surface area contributed by atoms with E-state index in [9.17, 15) is 13.2 Å². The number of aromatic nitrogens is 1. The molecule has 3 heterocycles. The van der Waals surface area contributed by atoms with E-state index in [1.165, 1.54) is 25.5 Å². The molecule has 0 aromatic carbocycles. The predicted molar refractivity (Wildman–Crippen MR) is 71.5 cm³/mol. The molecule has 1 aromatic rings. The zero-order chi connectivity index (χ0) is 14.2. The van der Waals surface area contributed by atoms with Crippen LogP contribution in [0, 0.1) is 5.41 Å². The molecule has 1 spiro atoms. The van der Waals surface area contributed by atoms with Gasteiger partial charge < -0.3 is 5.32 Å². The van der Waals surface area contributed by atoms with Crippen LogP contribution < -0.4 is 5.32 Å². The van der Waals surface area contributed by atoms with Crippen LogP contribution in [0.4, 0.5) is 13.2 Å². The molecule has 3 nitrogen and oxygen atoms in total. The van der Waals surface area contributed by atoms with Crippen LogP contribution in [0.15, 0.2) is 6.20 Å². The molecule has 0 saturated carbocycles. The minimum absolute atomic E-state index is 0.392. The number of likely N-dealkylation sites (tertiary alicyclic amines) is 1. The van der Waals surface area contributed by atoms with Crippen molar-refractivity contribution >= 4 is 11.3 Å². The zero-order valence-corrected chi connectivity index (χ0v) is 12.0. The van der Waals surface area contributed by atoms with Crippen molar-refractivity contribution in [1.82, 2.24) is 15.2 Å². The molecule has 2 aliphatic rings. The number of nitrogens with one attached hydrogen (secondary N) is 1. The summed E-state index contributed by atoms with van der Waals surface area (Å²) in [4.78, 5) is 6.48. The Morgan fingerprint density at radius 2 is 2.05 bits per heavy atom. The third-order valence-electron chi connectivity index (χ3n) is 4.36. The minimum atomic E-state index is -4.32. The second-order valence-corrected chi connectivity index (χ2v) is 6.96. The SMILES string of the molecule is FC(F)(F)c1ncc(CN2CCC3(CCNCC3)C2)s1. The fourth-order valence-electron chi connectivity index (χ4n) is 3.26. The highest BCUT2D eigenvalue weighted by Crippen LogP contribution is 2.39. The van der Waals surface area contributed by atoms with Crippen molar-refractivity contribution in [2.75, 3.05) is 26.2 Å². The third kappa shape index (κ3) is 2.99. The lowest BCUT2D eigenvalue weighted by atomic mass is 9.78. The van der Waals surface area contributed by atoms with E-state index in [0.717, 1.165) is 37.5 Å². The van der Waals surface area contributed by atoms with Crippen molar-refractivity contribution in [1.29, 1.82) is 0 Å². The highest BCUT2D eigenvalue weighted by atomic mass is 32.1. The number of alkyl halides is 3. The summed E-state index contributed by atoms with van der Waals surface area (Å²) in [5, 5.41) is 2.64. The Morgan fingerprint density at radius 1 is 1.30 bits per heavy atom. The normalized spacial score (nSPS) is 23.6. The van der Waals surface area contributed by atoms with Gasteiger partial charge in [-0.1, -0.05) is 0 Å². The molecule has 0 radical (unpaired) electrons. The maximum Gasteiger partial charge on any atom is 0.443 e. The van der Waals surface area contributed by atoms with Crippen molar-refractivity contribution in [3.05, 3.63) is 16.1 Å². The first-order valence-corrected chi connectivity index (χ1v) is 7.74. The van der Waals surface area contributed by atoms with Crippen molar-refractivity contribution in [2.45, 2.75) is 32.0 Å². The zero-order valence-electron chi connectivity index (χ0n) is 11.2. The molecule has 0 unspecified atom stereocenters. The van der Waals surface area contributed by atoms with Gasteiger partial charge in [-0.05, 0) is 44.3 Å². The van der Waals surface area contributed by atoms with E-state index in [-0.39, 0.29) is 0 Å². The number of halogens is 3. The molecular formula is C13H18F3N3S. The number of nitrogens with zero attached hydrogens (tertiary/aromatic N) is 2. The van der Waals surface area contributed by atoms with Crippen molar-refractivity contribution < 1.29 is 13.2 Å². The van der Waals surface area contributed by atoms with Gasteiger partial charge in [0.15, 0.2) is 5.01 Å². The first-order chi connectivity index (χ1) is 9.47. The largest absolute Gasteiger partial charge is 0.443 e. The molecule has 20 heavy (non-hydrogen) atoms. The van der Waals surface area contributed by atoms with Crippen LogP contribution in [0.2, 0.25) is 0 Å². The monoisotopic (exact) mass is 305 g/mol. The smallest absolute Gasteiger partial charge is 0.317 e. The van der Waals surface area contributed by atoms with Gasteiger partial charge in [-0.25, -0.2) is 4.98 Å². The first kappa shape index (κ1) is 14.3. The van der Waals surface area contributed by atoms with Crippen LogP contribution in [0.3, 0.4) is 0 Å². The van der Waals surface area contributed by atoms with Crippen LogP contribution in [0.1, 0.15) is 29.1 Å². The second kappa shape index (κ2) is 5.27. The maximum atomic E-state index is 12.5. The molecule has 2 fully saturated rings. The van der Waals surface area contributed by atoms with Gasteiger partial charge in [0.1, 0.15) is 0 Å². The molecule has 0 bridgehead atoms. The number of piperidine rings is 1. The molecule has 112 valence electrons. The molecule has 1 N–H and O–H groups in total. The molecule has 1 aromatic heterocycles. The number of hydrogen-bond donors (Lipinski definition) is 1. The fraction of sp³-hybridized carbons (Fsp3) is 0.769. The number of hydrogen-bond acceptors (Lipinski definition) is 4. The Morgan fingerprint density at radius 3 is 2.70 bits per heavy atom. The molecule has 2 saturated heterocycles. The van der Waals surface area contributed by atoms with Crippen molar-refractivity contribution in [3.63, 3.8) is 0 Å². The molecule has 3 rings (SSSR count). The Bertz CT molecular complexity index is 466. The first-order valence-electron chi connectivity index (χ1n) is 6.92. The van der Waals surface area contributed by atoms with Crippen LogP contribution in [-0.2, 0) is 12.7 Å². The molecule has 0 aliphatic carbocycles. The summed E-state index contributed by atoms with van der Waals surface area (Å²) in [6.07, 6.45) is 0.588. The lowest BCUT2D eigenvalue weighted by molar-refractivity contribution is -0.137. The summed E-state index contributed by atoms with van der Waals surface area (Å²) in [6.45, 7) is 4.72. The number of thiazole rings is 1. The van der Waals surface area contributed by atoms with Gasteiger partial charge >= 0.3 is 6.18 Å². The average Bonchev–Trinajstić information content (AvgIpc) is 2.99. The van der Waals surface area contributed by atoms with E-state index in [4.69, 9.17) is 0 Å². The quantitative estimate of drug-likeness (QED) is 0.910. The molecular weight excluding hydrogens is 287 g/mol. The molecule has 0 amide bonds. The standard InChI is InChI=1S/C13H18F3N3S/c14-13(15,16)11-18-7-10(20-11)8-19-6-3-12(9-19)1-4-17-5-2-12/h7,17H,1-6,8-9H2. The van der Waals surface area contributed by atoms with E-state index in [2.05, 4.69) is 15.2 Å². The van der Waals surface area contributed by atoms with Gasteiger partial charge in [0, 0.05) is 24.2 Å². The third-order valence-corrected chi connectivity index (χ3v) is 5.38. The van der Waals surface area contributed by atoms with Gasteiger partial charge in [-0.15, -0.1) is 11.3 Å². The van der Waals surface area contributed by atoms with E-state index < -0.39 is 11.2 Å². The highest BCUT2D eigenvalue weighted by molar-refractivity contribution is 7.11. The lowest BCUT2D eigenvalue weighted by Gasteiger charge is -2.33. The lowest BCUT2D eigenvalue weighted by Crippen LogP contribution is -2.38. The molecule has 0 atom stereocenters. The summed E-state index contributed by atoms with van der Waals surface area (Å²) in [7, 11) is 0. The Labute approximate surface area is 120 Å². The maximum absolute atomic E-state index is 12.5. The number of rotatable bonds is 2. The average molecular weight is 305 g/mol. The van der Waals surface area contributed by atoms with E-state index >= 15 is 0 Å². The van der Waals surface area contributed by atoms with Crippen LogP contribution in [0.25, 0.3) is 0 Å². The molecule has 2 aliphatic heterocycles. The van der Waals surface area contributed by atoms with Crippen molar-refractivity contribution in [2.24, 2.45) is 5.41 Å². The van der Waals surface area contributed by atoms with Crippen LogP contribution in [-0.4, -0.2) is 36.1 Å². The Balaban J connectivity index is 1.60. The van der Waals surface area contributed by atoms with Gasteiger partial charge in [-0.2, -0.15) is 13.2 Å². The highest BCUT2D eigenvalue weighted by Gasteiger charge is 2.39. The van der Waals surface area contributed by atoms with E-state index in [1.54, 1.807) is 0 Å². The minimum Gasteiger partial charge on any atom is -0.317 e. The fourth-order valence-corrected chi connectivity index (χ4v) is 4.08. The van der Waals surface area contributed by atoms with Gasteiger partial charge in [-0.3, -0.25) is 4.90 Å². The van der Waals surface area contributed by atoms with Gasteiger partial charge in [0.2, 0.25) is 0 Å². The van der Waals surface area contributed by atoms with E-state index in [1.807, 2.05) is 0 Å². The van der Waals surface area contributed by atoms with E-state index in [0.29, 0.717) is 16.8 Å². The summed E-state index contributed by atoms with van der Waals surface area (Å²) < 4.78 is 37.6. The summed E-state index contributed by atoms with van der Waals surface area (Å²) in [6, 6.07) is 0. The Hall–Kier alpha value is -0.660. The topological polar surface area (TPSA) is 28.2 Å². The van der Waals surface area contributed by atoms with Gasteiger partial charge in [0.05, 0.1) is 0 Å². The van der Waals surface area contributed by atoms with Crippen LogP contribution in [0.5, 0.6) is 0 Å².